The molecule has 3 rings (SSSR count). The first kappa shape index (κ1) is 17.5. The Labute approximate surface area is 148 Å². The molecule has 1 atom stereocenters. The molecule has 0 spiro atoms. The Balaban J connectivity index is 1.52. The molecule has 0 radical (unpaired) electrons. The second-order valence-electron chi connectivity index (χ2n) is 6.40. The minimum atomic E-state index is -0.587. The summed E-state index contributed by atoms with van der Waals surface area (Å²) in [5.74, 6) is 0.421. The third-order valence-corrected chi connectivity index (χ3v) is 4.31. The third kappa shape index (κ3) is 4.81. The van der Waals surface area contributed by atoms with Gasteiger partial charge in [-0.05, 0) is 29.7 Å². The molecule has 5 heteroatoms. The molecule has 0 bridgehead atoms. The van der Waals surface area contributed by atoms with Crippen molar-refractivity contribution in [1.82, 2.24) is 4.90 Å². The number of hydrogen-bond donors (Lipinski definition) is 2. The molecule has 1 aliphatic rings. The first-order valence-corrected chi connectivity index (χ1v) is 8.58. The van der Waals surface area contributed by atoms with Gasteiger partial charge in [-0.15, -0.1) is 0 Å². The average molecular weight is 340 g/mol. The number of para-hydroxylation sites is 2. The highest BCUT2D eigenvalue weighted by molar-refractivity contribution is 5.90. The van der Waals surface area contributed by atoms with Crippen LogP contribution in [0.1, 0.15) is 18.1 Å². The predicted molar refractivity (Wildman–Crippen MR) is 97.7 cm³/mol. The molecule has 0 saturated heterocycles. The lowest BCUT2D eigenvalue weighted by molar-refractivity contribution is -0.114. The highest BCUT2D eigenvalue weighted by atomic mass is 16.5. The molecule has 0 aliphatic carbocycles. The van der Waals surface area contributed by atoms with E-state index in [1.807, 2.05) is 12.1 Å². The van der Waals surface area contributed by atoms with Crippen molar-refractivity contribution in [3.63, 3.8) is 0 Å². The summed E-state index contributed by atoms with van der Waals surface area (Å²) in [4.78, 5) is 13.5. The first-order valence-electron chi connectivity index (χ1n) is 8.58. The molecule has 0 saturated carbocycles. The van der Waals surface area contributed by atoms with Crippen molar-refractivity contribution < 1.29 is 14.6 Å². The minimum Gasteiger partial charge on any atom is -0.489 e. The van der Waals surface area contributed by atoms with Crippen LogP contribution < -0.4 is 10.1 Å². The van der Waals surface area contributed by atoms with Crippen molar-refractivity contribution in [3.05, 3.63) is 59.7 Å². The van der Waals surface area contributed by atoms with Gasteiger partial charge in [0.1, 0.15) is 18.5 Å². The van der Waals surface area contributed by atoms with Gasteiger partial charge in [-0.2, -0.15) is 0 Å². The molecule has 5 nitrogen and oxygen atoms in total. The number of nitrogens with zero attached hydrogens (tertiary/aromatic N) is 1. The maximum absolute atomic E-state index is 11.2. The zero-order chi connectivity index (χ0) is 17.6. The number of carbonyl (C=O) groups excluding carboxylic acids is 1. The van der Waals surface area contributed by atoms with Crippen LogP contribution in [0, 0.1) is 0 Å². The molecule has 2 aromatic rings. The maximum Gasteiger partial charge on any atom is 0.221 e. The Morgan fingerprint density at radius 3 is 2.72 bits per heavy atom. The zero-order valence-electron chi connectivity index (χ0n) is 14.4. The summed E-state index contributed by atoms with van der Waals surface area (Å²) in [5, 5.41) is 13.1. The second-order valence-corrected chi connectivity index (χ2v) is 6.40. The number of benzene rings is 2. The lowest BCUT2D eigenvalue weighted by Crippen LogP contribution is -2.38. The number of β-amino-alcohol motifs (C(OH)–C–C–N with tert-alkyl or cyclic N) is 1. The van der Waals surface area contributed by atoms with Crippen LogP contribution in [0.15, 0.2) is 48.5 Å². The van der Waals surface area contributed by atoms with E-state index in [2.05, 4.69) is 34.5 Å². The van der Waals surface area contributed by atoms with E-state index in [1.165, 1.54) is 18.1 Å². The SMILES string of the molecule is CC(=O)Nc1ccccc1OC[C@@H](O)CN1CCc2ccccc2C1. The van der Waals surface area contributed by atoms with Gasteiger partial charge in [-0.3, -0.25) is 9.69 Å². The van der Waals surface area contributed by atoms with E-state index in [4.69, 9.17) is 4.74 Å². The summed E-state index contributed by atoms with van der Waals surface area (Å²) in [5.41, 5.74) is 3.35. The zero-order valence-corrected chi connectivity index (χ0v) is 14.4. The topological polar surface area (TPSA) is 61.8 Å². The van der Waals surface area contributed by atoms with Crippen LogP contribution in [0.2, 0.25) is 0 Å². The van der Waals surface area contributed by atoms with E-state index in [9.17, 15) is 9.90 Å². The van der Waals surface area contributed by atoms with Crippen molar-refractivity contribution in [2.45, 2.75) is 26.0 Å². The number of fused-ring (bicyclic) bond motifs is 1. The number of aliphatic hydroxyl groups is 1. The number of anilines is 1. The summed E-state index contributed by atoms with van der Waals surface area (Å²) < 4.78 is 5.72. The Kier molecular flexibility index (Phi) is 5.68. The highest BCUT2D eigenvalue weighted by Crippen LogP contribution is 2.24. The molecule has 2 aromatic carbocycles. The first-order chi connectivity index (χ1) is 12.1. The van der Waals surface area contributed by atoms with Gasteiger partial charge in [-0.25, -0.2) is 0 Å². The number of amides is 1. The van der Waals surface area contributed by atoms with Crippen LogP contribution in [0.25, 0.3) is 0 Å². The number of carbonyl (C=O) groups is 1. The van der Waals surface area contributed by atoms with E-state index in [1.54, 1.807) is 12.1 Å². The van der Waals surface area contributed by atoms with Crippen LogP contribution >= 0.6 is 0 Å². The Morgan fingerprint density at radius 1 is 1.20 bits per heavy atom. The molecule has 1 amide bonds. The van der Waals surface area contributed by atoms with Crippen molar-refractivity contribution in [2.24, 2.45) is 0 Å². The summed E-state index contributed by atoms with van der Waals surface area (Å²) >= 11 is 0. The van der Waals surface area contributed by atoms with Crippen LogP contribution in [-0.4, -0.2) is 41.7 Å². The van der Waals surface area contributed by atoms with E-state index in [0.717, 1.165) is 19.5 Å². The van der Waals surface area contributed by atoms with Crippen LogP contribution in [-0.2, 0) is 17.8 Å². The van der Waals surface area contributed by atoms with Gasteiger partial charge < -0.3 is 15.2 Å². The van der Waals surface area contributed by atoms with Gasteiger partial charge in [-0.1, -0.05) is 36.4 Å². The van der Waals surface area contributed by atoms with Gasteiger partial charge in [0, 0.05) is 26.6 Å². The molecule has 0 unspecified atom stereocenters. The van der Waals surface area contributed by atoms with Gasteiger partial charge in [0.2, 0.25) is 5.91 Å². The molecule has 0 fully saturated rings. The molecule has 2 N–H and O–H groups in total. The number of nitrogens with one attached hydrogen (secondary N) is 1. The largest absolute Gasteiger partial charge is 0.489 e. The van der Waals surface area contributed by atoms with E-state index in [0.29, 0.717) is 18.0 Å². The number of rotatable bonds is 6. The van der Waals surface area contributed by atoms with Crippen LogP contribution in [0.3, 0.4) is 0 Å². The van der Waals surface area contributed by atoms with Gasteiger partial charge in [0.05, 0.1) is 5.69 Å². The average Bonchev–Trinajstić information content (AvgIpc) is 2.60. The fraction of sp³-hybridized carbons (Fsp3) is 0.350. The second kappa shape index (κ2) is 8.14. The van der Waals surface area contributed by atoms with E-state index in [-0.39, 0.29) is 12.5 Å². The Hall–Kier alpha value is -2.37. The number of hydrogen-bond acceptors (Lipinski definition) is 4. The van der Waals surface area contributed by atoms with Crippen molar-refractivity contribution in [3.8, 4) is 5.75 Å². The molecule has 1 heterocycles. The molecular weight excluding hydrogens is 316 g/mol. The normalized spacial score (nSPS) is 15.3. The predicted octanol–water partition coefficient (Wildman–Crippen LogP) is 2.44. The fourth-order valence-corrected chi connectivity index (χ4v) is 3.13. The quantitative estimate of drug-likeness (QED) is 0.848. The number of aliphatic hydroxyl groups excluding tert-OH is 1. The summed E-state index contributed by atoms with van der Waals surface area (Å²) in [6.07, 6.45) is 0.422. The summed E-state index contributed by atoms with van der Waals surface area (Å²) in [6, 6.07) is 15.7. The van der Waals surface area contributed by atoms with Crippen molar-refractivity contribution in [1.29, 1.82) is 0 Å². The lowest BCUT2D eigenvalue weighted by atomic mass is 10.00. The summed E-state index contributed by atoms with van der Waals surface area (Å²) in [7, 11) is 0. The van der Waals surface area contributed by atoms with Gasteiger partial charge >= 0.3 is 0 Å². The van der Waals surface area contributed by atoms with Gasteiger partial charge in [0.15, 0.2) is 0 Å². The Morgan fingerprint density at radius 2 is 1.92 bits per heavy atom. The Bertz CT molecular complexity index is 732. The van der Waals surface area contributed by atoms with E-state index < -0.39 is 6.10 Å². The molecular formula is C20H24N2O3. The highest BCUT2D eigenvalue weighted by Gasteiger charge is 2.19. The fourth-order valence-electron chi connectivity index (χ4n) is 3.13. The standard InChI is InChI=1S/C20H24N2O3/c1-15(23)21-19-8-4-5-9-20(19)25-14-18(24)13-22-11-10-16-6-2-3-7-17(16)12-22/h2-9,18,24H,10-14H2,1H3,(H,21,23)/t18-/m0/s1. The van der Waals surface area contributed by atoms with Crippen molar-refractivity contribution >= 4 is 11.6 Å². The summed E-state index contributed by atoms with van der Waals surface area (Å²) in [6.45, 7) is 4.01. The smallest absolute Gasteiger partial charge is 0.221 e. The monoisotopic (exact) mass is 340 g/mol. The maximum atomic E-state index is 11.2. The minimum absolute atomic E-state index is 0.149. The molecule has 132 valence electrons. The molecule has 1 aliphatic heterocycles. The van der Waals surface area contributed by atoms with Gasteiger partial charge in [0.25, 0.3) is 0 Å². The lowest BCUT2D eigenvalue weighted by Gasteiger charge is -2.30. The molecule has 0 aromatic heterocycles. The van der Waals surface area contributed by atoms with Crippen LogP contribution in [0.5, 0.6) is 5.75 Å². The van der Waals surface area contributed by atoms with E-state index >= 15 is 0 Å². The van der Waals surface area contributed by atoms with Crippen LogP contribution in [0.4, 0.5) is 5.69 Å². The van der Waals surface area contributed by atoms with Crippen molar-refractivity contribution in [2.75, 3.05) is 25.0 Å². The third-order valence-electron chi connectivity index (χ3n) is 4.31. The number of ether oxygens (including phenoxy) is 1. The molecule has 25 heavy (non-hydrogen) atoms.